The van der Waals surface area contributed by atoms with Crippen molar-refractivity contribution in [2.45, 2.75) is 0 Å². The van der Waals surface area contributed by atoms with Crippen molar-refractivity contribution < 1.29 is 9.21 Å². The van der Waals surface area contributed by atoms with Crippen LogP contribution in [0, 0.1) is 0 Å². The summed E-state index contributed by atoms with van der Waals surface area (Å²) in [6.07, 6.45) is 4.25. The van der Waals surface area contributed by atoms with Crippen LogP contribution in [-0.4, -0.2) is 48.4 Å². The highest BCUT2D eigenvalue weighted by Crippen LogP contribution is 2.14. The number of piperazine rings is 1. The molecule has 0 aliphatic carbocycles. The molecule has 1 saturated heterocycles. The number of carbonyl (C=O) groups excluding carboxylic acids is 1. The molecule has 1 aromatic heterocycles. The Kier molecular flexibility index (Phi) is 5.35. The SMILES string of the molecule is O=C(c1cc2ccccc2oc1=O)N1CCN(CC=Cc2ccccc2)CC1. The van der Waals surface area contributed by atoms with Gasteiger partial charge in [-0.3, -0.25) is 9.69 Å². The average Bonchev–Trinajstić information content (AvgIpc) is 2.74. The van der Waals surface area contributed by atoms with E-state index in [0.29, 0.717) is 18.7 Å². The van der Waals surface area contributed by atoms with Crippen LogP contribution in [0.25, 0.3) is 17.0 Å². The largest absolute Gasteiger partial charge is 0.422 e. The van der Waals surface area contributed by atoms with E-state index in [9.17, 15) is 9.59 Å². The van der Waals surface area contributed by atoms with Gasteiger partial charge < -0.3 is 9.32 Å². The fraction of sp³-hybridized carbons (Fsp3) is 0.217. The van der Waals surface area contributed by atoms with E-state index in [0.717, 1.165) is 25.0 Å². The third-order valence-electron chi connectivity index (χ3n) is 5.00. The minimum Gasteiger partial charge on any atom is -0.422 e. The second-order valence-corrected chi connectivity index (χ2v) is 6.89. The smallest absolute Gasteiger partial charge is 0.349 e. The summed E-state index contributed by atoms with van der Waals surface area (Å²) in [6, 6.07) is 19.1. The quantitative estimate of drug-likeness (QED) is 0.658. The molecule has 0 unspecified atom stereocenters. The fourth-order valence-electron chi connectivity index (χ4n) is 3.42. The molecule has 1 aliphatic rings. The van der Waals surface area contributed by atoms with Gasteiger partial charge in [0.25, 0.3) is 5.91 Å². The van der Waals surface area contributed by atoms with Crippen molar-refractivity contribution in [3.05, 3.63) is 88.3 Å². The maximum absolute atomic E-state index is 12.8. The molecular weight excluding hydrogens is 352 g/mol. The third-order valence-corrected chi connectivity index (χ3v) is 5.00. The molecule has 5 heteroatoms. The van der Waals surface area contributed by atoms with Crippen LogP contribution in [0.5, 0.6) is 0 Å². The van der Waals surface area contributed by atoms with Gasteiger partial charge in [0, 0.05) is 38.1 Å². The van der Waals surface area contributed by atoms with Gasteiger partial charge >= 0.3 is 5.63 Å². The van der Waals surface area contributed by atoms with Crippen LogP contribution in [0.2, 0.25) is 0 Å². The fourth-order valence-corrected chi connectivity index (χ4v) is 3.42. The topological polar surface area (TPSA) is 53.8 Å². The second kappa shape index (κ2) is 8.23. The highest BCUT2D eigenvalue weighted by Gasteiger charge is 2.24. The minimum atomic E-state index is -0.572. The maximum atomic E-state index is 12.8. The molecule has 0 spiro atoms. The van der Waals surface area contributed by atoms with Crippen molar-refractivity contribution in [2.24, 2.45) is 0 Å². The molecular formula is C23H22N2O3. The van der Waals surface area contributed by atoms with Crippen molar-refractivity contribution >= 4 is 23.0 Å². The zero-order valence-electron chi connectivity index (χ0n) is 15.6. The molecule has 0 atom stereocenters. The Morgan fingerprint density at radius 2 is 1.68 bits per heavy atom. The van der Waals surface area contributed by atoms with E-state index < -0.39 is 5.63 Å². The molecule has 0 saturated carbocycles. The van der Waals surface area contributed by atoms with E-state index in [1.54, 1.807) is 23.1 Å². The molecule has 0 N–H and O–H groups in total. The number of hydrogen-bond donors (Lipinski definition) is 0. The van der Waals surface area contributed by atoms with Crippen LogP contribution in [0.3, 0.4) is 0 Å². The first kappa shape index (κ1) is 18.2. The molecule has 1 aliphatic heterocycles. The molecule has 2 heterocycles. The van der Waals surface area contributed by atoms with Crippen LogP contribution in [0.4, 0.5) is 0 Å². The van der Waals surface area contributed by atoms with Gasteiger partial charge in [-0.25, -0.2) is 4.79 Å². The second-order valence-electron chi connectivity index (χ2n) is 6.89. The van der Waals surface area contributed by atoms with Gasteiger partial charge in [-0.1, -0.05) is 60.7 Å². The Bertz CT molecular complexity index is 1050. The standard InChI is InChI=1S/C23H22N2O3/c26-22(20-17-19-10-4-5-11-21(19)28-23(20)27)25-15-13-24(14-16-25)12-6-9-18-7-2-1-3-8-18/h1-11,17H,12-16H2. The lowest BCUT2D eigenvalue weighted by molar-refractivity contribution is 0.0646. The number of fused-ring (bicyclic) bond motifs is 1. The highest BCUT2D eigenvalue weighted by molar-refractivity contribution is 5.96. The maximum Gasteiger partial charge on any atom is 0.349 e. The van der Waals surface area contributed by atoms with E-state index in [-0.39, 0.29) is 11.5 Å². The number of rotatable bonds is 4. The Morgan fingerprint density at radius 3 is 2.46 bits per heavy atom. The molecule has 3 aromatic rings. The molecule has 28 heavy (non-hydrogen) atoms. The lowest BCUT2D eigenvalue weighted by atomic mass is 10.1. The van der Waals surface area contributed by atoms with Crippen molar-refractivity contribution in [3.63, 3.8) is 0 Å². The lowest BCUT2D eigenvalue weighted by Crippen LogP contribution is -2.49. The number of nitrogens with zero attached hydrogens (tertiary/aromatic N) is 2. The molecule has 1 fully saturated rings. The van der Waals surface area contributed by atoms with Gasteiger partial charge in [0.15, 0.2) is 0 Å². The normalized spacial score (nSPS) is 15.4. The average molecular weight is 374 g/mol. The lowest BCUT2D eigenvalue weighted by Gasteiger charge is -2.34. The summed E-state index contributed by atoms with van der Waals surface area (Å²) in [5.74, 6) is -0.251. The van der Waals surface area contributed by atoms with E-state index in [1.807, 2.05) is 30.3 Å². The molecule has 4 rings (SSSR count). The summed E-state index contributed by atoms with van der Waals surface area (Å²) in [6.45, 7) is 3.61. The molecule has 0 bridgehead atoms. The third kappa shape index (κ3) is 4.05. The van der Waals surface area contributed by atoms with E-state index in [4.69, 9.17) is 4.42 Å². The zero-order chi connectivity index (χ0) is 19.3. The van der Waals surface area contributed by atoms with Crippen LogP contribution < -0.4 is 5.63 Å². The Morgan fingerprint density at radius 1 is 0.964 bits per heavy atom. The van der Waals surface area contributed by atoms with Gasteiger partial charge in [0.2, 0.25) is 0 Å². The zero-order valence-corrected chi connectivity index (χ0v) is 15.6. The molecule has 2 aromatic carbocycles. The summed E-state index contributed by atoms with van der Waals surface area (Å²) < 4.78 is 5.30. The monoisotopic (exact) mass is 374 g/mol. The summed E-state index contributed by atoms with van der Waals surface area (Å²) in [7, 11) is 0. The van der Waals surface area contributed by atoms with Gasteiger partial charge in [0.05, 0.1) is 0 Å². The first-order valence-electron chi connectivity index (χ1n) is 9.47. The van der Waals surface area contributed by atoms with Crippen LogP contribution in [0.15, 0.2) is 76.0 Å². The molecule has 5 nitrogen and oxygen atoms in total. The van der Waals surface area contributed by atoms with Crippen LogP contribution in [-0.2, 0) is 0 Å². The van der Waals surface area contributed by atoms with Crippen molar-refractivity contribution in [2.75, 3.05) is 32.7 Å². The summed E-state index contributed by atoms with van der Waals surface area (Å²) in [5.41, 5.74) is 1.21. The van der Waals surface area contributed by atoms with Crippen LogP contribution in [0.1, 0.15) is 15.9 Å². The molecule has 0 radical (unpaired) electrons. The van der Waals surface area contributed by atoms with Gasteiger partial charge in [-0.15, -0.1) is 0 Å². The number of para-hydroxylation sites is 1. The minimum absolute atomic E-state index is 0.108. The number of carbonyl (C=O) groups is 1. The highest BCUT2D eigenvalue weighted by atomic mass is 16.4. The van der Waals surface area contributed by atoms with Gasteiger partial charge in [0.1, 0.15) is 11.1 Å². The van der Waals surface area contributed by atoms with Crippen molar-refractivity contribution in [1.82, 2.24) is 9.80 Å². The van der Waals surface area contributed by atoms with Crippen molar-refractivity contribution in [3.8, 4) is 0 Å². The Balaban J connectivity index is 1.37. The first-order chi connectivity index (χ1) is 13.7. The Hall–Kier alpha value is -3.18. The van der Waals surface area contributed by atoms with Crippen molar-refractivity contribution in [1.29, 1.82) is 0 Å². The number of hydrogen-bond acceptors (Lipinski definition) is 4. The predicted octanol–water partition coefficient (Wildman–Crippen LogP) is 3.26. The van der Waals surface area contributed by atoms with Gasteiger partial charge in [-0.2, -0.15) is 0 Å². The Labute approximate surface area is 163 Å². The van der Waals surface area contributed by atoms with Gasteiger partial charge in [-0.05, 0) is 17.7 Å². The summed E-state index contributed by atoms with van der Waals surface area (Å²) >= 11 is 0. The summed E-state index contributed by atoms with van der Waals surface area (Å²) in [5, 5.41) is 0.759. The van der Waals surface area contributed by atoms with E-state index in [1.165, 1.54) is 5.56 Å². The molecule has 142 valence electrons. The molecule has 1 amide bonds. The number of benzene rings is 2. The van der Waals surface area contributed by atoms with E-state index in [2.05, 4.69) is 29.2 Å². The predicted molar refractivity (Wildman–Crippen MR) is 110 cm³/mol. The first-order valence-corrected chi connectivity index (χ1v) is 9.47. The number of amides is 1. The summed E-state index contributed by atoms with van der Waals surface area (Å²) in [4.78, 5) is 29.1. The van der Waals surface area contributed by atoms with Crippen LogP contribution >= 0.6 is 0 Å². The van der Waals surface area contributed by atoms with E-state index >= 15 is 0 Å².